The van der Waals surface area contributed by atoms with Crippen molar-refractivity contribution in [1.82, 2.24) is 10.6 Å². The quantitative estimate of drug-likeness (QED) is 0.0375. The molecule has 1 unspecified atom stereocenters. The summed E-state index contributed by atoms with van der Waals surface area (Å²) in [5, 5.41) is 6.36. The van der Waals surface area contributed by atoms with Gasteiger partial charge in [-0.25, -0.2) is 0 Å². The van der Waals surface area contributed by atoms with Gasteiger partial charge >= 0.3 is 0 Å². The predicted molar refractivity (Wildman–Crippen MR) is 230 cm³/mol. The monoisotopic (exact) mass is 731 g/mol. The number of nitrogens with zero attached hydrogens (tertiary/aromatic N) is 1. The fourth-order valence-electron chi connectivity index (χ4n) is 7.22. The lowest BCUT2D eigenvalue weighted by atomic mass is 10.1. The Balaban J connectivity index is 3.83. The van der Waals surface area contributed by atoms with Gasteiger partial charge in [0.05, 0.1) is 26.2 Å². The zero-order valence-electron chi connectivity index (χ0n) is 35.9. The van der Waals surface area contributed by atoms with Crippen molar-refractivity contribution in [2.45, 2.75) is 233 Å². The number of rotatable bonds is 40. The van der Waals surface area contributed by atoms with Gasteiger partial charge in [-0.05, 0) is 77.6 Å². The fourth-order valence-corrected chi connectivity index (χ4v) is 7.22. The normalized spacial score (nSPS) is 13.6. The molecule has 2 N–H and O–H groups in total. The molecule has 0 aromatic heterocycles. The molecule has 1 atom stereocenters. The highest BCUT2D eigenvalue weighted by Gasteiger charge is 2.27. The third-order valence-electron chi connectivity index (χ3n) is 11.3. The molecule has 52 heavy (non-hydrogen) atoms. The lowest BCUT2D eigenvalue weighted by molar-refractivity contribution is -0.932. The van der Waals surface area contributed by atoms with Gasteiger partial charge in [0.15, 0.2) is 0 Å². The van der Waals surface area contributed by atoms with E-state index in [2.05, 4.69) is 69.7 Å². The van der Waals surface area contributed by atoms with Crippen molar-refractivity contribution < 1.29 is 14.1 Å². The van der Waals surface area contributed by atoms with Gasteiger partial charge in [0.25, 0.3) is 0 Å². The molecule has 0 aliphatic rings. The van der Waals surface area contributed by atoms with Gasteiger partial charge in [-0.2, -0.15) is 0 Å². The Bertz CT molecular complexity index is 778. The summed E-state index contributed by atoms with van der Waals surface area (Å²) >= 11 is 0. The molecule has 0 fully saturated rings. The van der Waals surface area contributed by atoms with E-state index in [4.69, 9.17) is 0 Å². The molecule has 0 heterocycles. The van der Waals surface area contributed by atoms with Crippen LogP contribution in [0.15, 0.2) is 24.3 Å². The number of allylic oxidation sites excluding steroid dienone is 4. The van der Waals surface area contributed by atoms with Gasteiger partial charge in [0.1, 0.15) is 0 Å². The summed E-state index contributed by atoms with van der Waals surface area (Å²) in [6.45, 7) is 12.8. The number of amides is 2. The lowest BCUT2D eigenvalue weighted by Crippen LogP contribution is -2.53. The third kappa shape index (κ3) is 34.2. The van der Waals surface area contributed by atoms with E-state index < -0.39 is 0 Å². The molecule has 0 saturated carbocycles. The SMILES string of the molecule is CCCCCCCCC=CCCCCCCCC(=O)NCCC[N+](C)(CCCNC(=O)CCCCCCCC=CCCCCCCCC)C(C)CC. The maximum atomic E-state index is 12.4. The van der Waals surface area contributed by atoms with E-state index in [9.17, 15) is 9.59 Å². The van der Waals surface area contributed by atoms with Crippen molar-refractivity contribution >= 4 is 11.8 Å². The minimum absolute atomic E-state index is 0.212. The molecule has 0 bridgehead atoms. The Kier molecular flexibility index (Phi) is 37.9. The fraction of sp³-hybridized carbons (Fsp3) is 0.872. The maximum Gasteiger partial charge on any atom is 0.219 e. The molecule has 5 nitrogen and oxygen atoms in total. The molecule has 0 aliphatic carbocycles. The molecule has 5 heteroatoms. The highest BCUT2D eigenvalue weighted by Crippen LogP contribution is 2.16. The summed E-state index contributed by atoms with van der Waals surface area (Å²) in [5.74, 6) is 0.425. The van der Waals surface area contributed by atoms with Crippen LogP contribution in [0.3, 0.4) is 0 Å². The van der Waals surface area contributed by atoms with E-state index in [0.29, 0.717) is 18.9 Å². The molecule has 0 spiro atoms. The van der Waals surface area contributed by atoms with E-state index in [1.807, 2.05) is 0 Å². The second kappa shape index (κ2) is 39.1. The van der Waals surface area contributed by atoms with E-state index in [0.717, 1.165) is 75.6 Å². The van der Waals surface area contributed by atoms with Crippen molar-refractivity contribution in [2.75, 3.05) is 33.2 Å². The summed E-state index contributed by atoms with van der Waals surface area (Å²) in [6.07, 6.45) is 47.3. The second-order valence-electron chi connectivity index (χ2n) is 16.3. The highest BCUT2D eigenvalue weighted by molar-refractivity contribution is 5.76. The third-order valence-corrected chi connectivity index (χ3v) is 11.3. The average Bonchev–Trinajstić information content (AvgIpc) is 3.14. The zero-order chi connectivity index (χ0) is 38.2. The first-order valence-corrected chi connectivity index (χ1v) is 23.1. The van der Waals surface area contributed by atoms with Crippen LogP contribution < -0.4 is 10.6 Å². The van der Waals surface area contributed by atoms with E-state index in [1.165, 1.54) is 141 Å². The number of carbonyl (C=O) groups is 2. The van der Waals surface area contributed by atoms with E-state index in [-0.39, 0.29) is 11.8 Å². The van der Waals surface area contributed by atoms with Gasteiger partial charge in [-0.3, -0.25) is 9.59 Å². The van der Waals surface area contributed by atoms with Crippen molar-refractivity contribution in [1.29, 1.82) is 0 Å². The summed E-state index contributed by atoms with van der Waals surface area (Å²) < 4.78 is 1.00. The van der Waals surface area contributed by atoms with Crippen LogP contribution in [0.2, 0.25) is 0 Å². The second-order valence-corrected chi connectivity index (χ2v) is 16.3. The van der Waals surface area contributed by atoms with Crippen LogP contribution in [0, 0.1) is 0 Å². The molecule has 0 aromatic carbocycles. The molecule has 0 aromatic rings. The summed E-state index contributed by atoms with van der Waals surface area (Å²) in [5.41, 5.74) is 0. The number of hydrogen-bond donors (Lipinski definition) is 2. The average molecular weight is 731 g/mol. The molecule has 0 radical (unpaired) electrons. The standard InChI is InChI=1S/C47H91N3O2/c1-6-9-11-13-15-17-19-21-23-25-27-29-31-33-35-39-46(51)48-41-37-43-50(5,45(4)8-3)44-38-42-49-47(52)40-36-34-32-30-28-26-24-22-20-18-16-14-12-10-7-2/h21-24,45H,6-20,25-44H2,1-5H3,(H-,48,49,51,52)/p+1. The molecule has 2 amide bonds. The number of carbonyl (C=O) groups excluding carboxylic acids is 2. The lowest BCUT2D eigenvalue weighted by Gasteiger charge is -2.40. The number of nitrogens with one attached hydrogen (secondary N) is 2. The molecule has 0 rings (SSSR count). The van der Waals surface area contributed by atoms with Gasteiger partial charge in [0, 0.05) is 38.8 Å². The Morgan fingerprint density at radius 2 is 0.769 bits per heavy atom. The van der Waals surface area contributed by atoms with Crippen molar-refractivity contribution in [3.63, 3.8) is 0 Å². The van der Waals surface area contributed by atoms with Crippen LogP contribution >= 0.6 is 0 Å². The zero-order valence-corrected chi connectivity index (χ0v) is 35.9. The largest absolute Gasteiger partial charge is 0.356 e. The van der Waals surface area contributed by atoms with Gasteiger partial charge < -0.3 is 15.1 Å². The maximum absolute atomic E-state index is 12.4. The predicted octanol–water partition coefficient (Wildman–Crippen LogP) is 13.3. The van der Waals surface area contributed by atoms with Crippen LogP contribution in [0.25, 0.3) is 0 Å². The smallest absolute Gasteiger partial charge is 0.219 e. The summed E-state index contributed by atoms with van der Waals surface area (Å²) in [7, 11) is 2.36. The summed E-state index contributed by atoms with van der Waals surface area (Å²) in [4.78, 5) is 24.8. The van der Waals surface area contributed by atoms with Crippen LogP contribution in [-0.2, 0) is 9.59 Å². The summed E-state index contributed by atoms with van der Waals surface area (Å²) in [6, 6.07) is 0.568. The number of hydrogen-bond acceptors (Lipinski definition) is 2. The van der Waals surface area contributed by atoms with E-state index in [1.54, 1.807) is 0 Å². The number of unbranched alkanes of at least 4 members (excludes halogenated alkanes) is 22. The van der Waals surface area contributed by atoms with Crippen LogP contribution in [0.5, 0.6) is 0 Å². The number of quaternary nitrogens is 1. The van der Waals surface area contributed by atoms with Crippen LogP contribution in [0.1, 0.15) is 227 Å². The first-order valence-electron chi connectivity index (χ1n) is 23.1. The molecule has 0 aliphatic heterocycles. The first-order chi connectivity index (χ1) is 25.4. The van der Waals surface area contributed by atoms with Crippen molar-refractivity contribution in [3.05, 3.63) is 24.3 Å². The van der Waals surface area contributed by atoms with Crippen molar-refractivity contribution in [2.24, 2.45) is 0 Å². The first kappa shape index (κ1) is 50.4. The molecule has 0 saturated heterocycles. The molecule has 306 valence electrons. The van der Waals surface area contributed by atoms with Crippen LogP contribution in [-0.4, -0.2) is 55.6 Å². The minimum atomic E-state index is 0.212. The van der Waals surface area contributed by atoms with Gasteiger partial charge in [-0.1, -0.05) is 148 Å². The Morgan fingerprint density at radius 1 is 0.462 bits per heavy atom. The Labute approximate surface area is 326 Å². The molecular weight excluding hydrogens is 639 g/mol. The Hall–Kier alpha value is -1.62. The van der Waals surface area contributed by atoms with E-state index >= 15 is 0 Å². The minimum Gasteiger partial charge on any atom is -0.356 e. The van der Waals surface area contributed by atoms with Gasteiger partial charge in [-0.15, -0.1) is 0 Å². The van der Waals surface area contributed by atoms with Crippen LogP contribution in [0.4, 0.5) is 0 Å². The van der Waals surface area contributed by atoms with Crippen molar-refractivity contribution in [3.8, 4) is 0 Å². The molecular formula is C47H92N3O2+. The topological polar surface area (TPSA) is 58.2 Å². The highest BCUT2D eigenvalue weighted by atomic mass is 16.2. The van der Waals surface area contributed by atoms with Gasteiger partial charge in [0.2, 0.25) is 11.8 Å². The Morgan fingerprint density at radius 3 is 1.10 bits per heavy atom.